The van der Waals surface area contributed by atoms with Gasteiger partial charge in [0.25, 0.3) is 0 Å². The van der Waals surface area contributed by atoms with E-state index in [1.807, 2.05) is 6.92 Å². The molecule has 0 amide bonds. The van der Waals surface area contributed by atoms with E-state index >= 15 is 0 Å². The van der Waals surface area contributed by atoms with Crippen LogP contribution in [-0.2, 0) is 6.42 Å². The van der Waals surface area contributed by atoms with Gasteiger partial charge in [-0.3, -0.25) is 0 Å². The molecule has 0 aliphatic heterocycles. The van der Waals surface area contributed by atoms with Crippen molar-refractivity contribution in [3.63, 3.8) is 0 Å². The number of rotatable bonds is 3. The monoisotopic (exact) mass is 199 g/mol. The van der Waals surface area contributed by atoms with Gasteiger partial charge < -0.3 is 5.73 Å². The van der Waals surface area contributed by atoms with E-state index < -0.39 is 11.6 Å². The van der Waals surface area contributed by atoms with Gasteiger partial charge in [0.15, 0.2) is 0 Å². The highest BCUT2D eigenvalue weighted by molar-refractivity contribution is 5.26. The zero-order valence-electron chi connectivity index (χ0n) is 8.48. The lowest BCUT2D eigenvalue weighted by molar-refractivity contribution is 0.535. The minimum atomic E-state index is -0.478. The summed E-state index contributed by atoms with van der Waals surface area (Å²) in [5, 5.41) is 0. The summed E-state index contributed by atoms with van der Waals surface area (Å²) in [6.45, 7) is 3.45. The predicted molar refractivity (Wildman–Crippen MR) is 53.1 cm³/mol. The van der Waals surface area contributed by atoms with Crippen molar-refractivity contribution in [2.24, 2.45) is 5.73 Å². The van der Waals surface area contributed by atoms with E-state index in [-0.39, 0.29) is 11.6 Å². The second-order valence-electron chi connectivity index (χ2n) is 3.67. The summed E-state index contributed by atoms with van der Waals surface area (Å²) in [7, 11) is 0. The van der Waals surface area contributed by atoms with Gasteiger partial charge in [-0.25, -0.2) is 8.78 Å². The van der Waals surface area contributed by atoms with Crippen LogP contribution in [0.5, 0.6) is 0 Å². The molecular weight excluding hydrogens is 184 g/mol. The van der Waals surface area contributed by atoms with E-state index in [2.05, 4.69) is 0 Å². The quantitative estimate of drug-likeness (QED) is 0.795. The van der Waals surface area contributed by atoms with Crippen molar-refractivity contribution in [2.75, 3.05) is 0 Å². The lowest BCUT2D eigenvalue weighted by atomic mass is 10.0. The standard InChI is InChI=1S/C11H15F2N/c1-7-3-6-10(12)9(11(7)13)5-4-8(2)14/h3,6,8H,4-5,14H2,1-2H3/t8-/m1/s1. The molecule has 0 aliphatic rings. The Balaban J connectivity index is 2.89. The number of hydrogen-bond donors (Lipinski definition) is 1. The maximum atomic E-state index is 13.4. The Morgan fingerprint density at radius 3 is 2.57 bits per heavy atom. The van der Waals surface area contributed by atoms with E-state index in [0.717, 1.165) is 0 Å². The minimum absolute atomic E-state index is 0.0330. The number of aryl methyl sites for hydroxylation is 1. The first-order valence-electron chi connectivity index (χ1n) is 4.71. The normalized spacial score (nSPS) is 12.9. The molecule has 0 saturated heterocycles. The highest BCUT2D eigenvalue weighted by Crippen LogP contribution is 2.18. The molecule has 0 aliphatic carbocycles. The first-order valence-corrected chi connectivity index (χ1v) is 4.71. The number of nitrogens with two attached hydrogens (primary N) is 1. The smallest absolute Gasteiger partial charge is 0.132 e. The SMILES string of the molecule is Cc1ccc(F)c(CC[C@@H](C)N)c1F. The molecule has 1 aromatic carbocycles. The van der Waals surface area contributed by atoms with Gasteiger partial charge in [0.2, 0.25) is 0 Å². The van der Waals surface area contributed by atoms with E-state index in [1.165, 1.54) is 12.1 Å². The van der Waals surface area contributed by atoms with Crippen LogP contribution < -0.4 is 5.73 Å². The zero-order valence-corrected chi connectivity index (χ0v) is 8.48. The molecule has 0 aromatic heterocycles. The van der Waals surface area contributed by atoms with Gasteiger partial charge in [-0.15, -0.1) is 0 Å². The van der Waals surface area contributed by atoms with Gasteiger partial charge in [0, 0.05) is 11.6 Å². The lowest BCUT2D eigenvalue weighted by Crippen LogP contribution is -2.16. The first-order chi connectivity index (χ1) is 6.52. The highest BCUT2D eigenvalue weighted by Gasteiger charge is 2.11. The summed E-state index contributed by atoms with van der Waals surface area (Å²) < 4.78 is 26.6. The molecule has 0 radical (unpaired) electrons. The molecule has 78 valence electrons. The molecule has 2 N–H and O–H groups in total. The van der Waals surface area contributed by atoms with Crippen molar-refractivity contribution in [3.8, 4) is 0 Å². The predicted octanol–water partition coefficient (Wildman–Crippen LogP) is 2.55. The minimum Gasteiger partial charge on any atom is -0.328 e. The van der Waals surface area contributed by atoms with Crippen LogP contribution in [0.1, 0.15) is 24.5 Å². The third-order valence-electron chi connectivity index (χ3n) is 2.23. The van der Waals surface area contributed by atoms with Crippen LogP contribution in [0.4, 0.5) is 8.78 Å². The average Bonchev–Trinajstić information content (AvgIpc) is 2.11. The summed E-state index contributed by atoms with van der Waals surface area (Å²) in [4.78, 5) is 0. The maximum Gasteiger partial charge on any atom is 0.132 e. The van der Waals surface area contributed by atoms with Crippen LogP contribution >= 0.6 is 0 Å². The van der Waals surface area contributed by atoms with Gasteiger partial charge >= 0.3 is 0 Å². The highest BCUT2D eigenvalue weighted by atomic mass is 19.1. The van der Waals surface area contributed by atoms with Crippen molar-refractivity contribution in [3.05, 3.63) is 34.9 Å². The summed E-state index contributed by atoms with van der Waals surface area (Å²) in [6, 6.07) is 2.71. The molecule has 1 aromatic rings. The van der Waals surface area contributed by atoms with Gasteiger partial charge in [-0.1, -0.05) is 6.07 Å². The van der Waals surface area contributed by atoms with Crippen molar-refractivity contribution in [1.29, 1.82) is 0 Å². The van der Waals surface area contributed by atoms with E-state index in [1.54, 1.807) is 6.92 Å². The molecule has 1 nitrogen and oxygen atoms in total. The summed E-state index contributed by atoms with van der Waals surface area (Å²) in [6.07, 6.45) is 0.953. The van der Waals surface area contributed by atoms with Crippen LogP contribution in [0.2, 0.25) is 0 Å². The maximum absolute atomic E-state index is 13.4. The van der Waals surface area contributed by atoms with Crippen LogP contribution in [-0.4, -0.2) is 6.04 Å². The first kappa shape index (κ1) is 11.1. The Morgan fingerprint density at radius 1 is 1.36 bits per heavy atom. The van der Waals surface area contributed by atoms with Gasteiger partial charge in [-0.05, 0) is 38.3 Å². The zero-order chi connectivity index (χ0) is 10.7. The fourth-order valence-electron chi connectivity index (χ4n) is 1.32. The fraction of sp³-hybridized carbons (Fsp3) is 0.455. The third-order valence-corrected chi connectivity index (χ3v) is 2.23. The molecule has 3 heteroatoms. The molecule has 1 rings (SSSR count). The second-order valence-corrected chi connectivity index (χ2v) is 3.67. The van der Waals surface area contributed by atoms with E-state index in [4.69, 9.17) is 5.73 Å². The summed E-state index contributed by atoms with van der Waals surface area (Å²) in [5.41, 5.74) is 6.17. The Kier molecular flexibility index (Phi) is 3.58. The summed E-state index contributed by atoms with van der Waals surface area (Å²) >= 11 is 0. The average molecular weight is 199 g/mol. The van der Waals surface area contributed by atoms with E-state index in [0.29, 0.717) is 18.4 Å². The Labute approximate surface area is 82.9 Å². The molecule has 0 unspecified atom stereocenters. The topological polar surface area (TPSA) is 26.0 Å². The number of halogens is 2. The lowest BCUT2D eigenvalue weighted by Gasteiger charge is -2.08. The Hall–Kier alpha value is -0.960. The number of hydrogen-bond acceptors (Lipinski definition) is 1. The van der Waals surface area contributed by atoms with Crippen LogP contribution in [0, 0.1) is 18.6 Å². The second kappa shape index (κ2) is 4.51. The Bertz CT molecular complexity index is 321. The largest absolute Gasteiger partial charge is 0.328 e. The summed E-state index contributed by atoms with van der Waals surface area (Å²) in [5.74, 6) is -0.917. The van der Waals surface area contributed by atoms with Gasteiger partial charge in [0.05, 0.1) is 0 Å². The van der Waals surface area contributed by atoms with Crippen molar-refractivity contribution in [1.82, 2.24) is 0 Å². The van der Waals surface area contributed by atoms with Gasteiger partial charge in [-0.2, -0.15) is 0 Å². The fourth-order valence-corrected chi connectivity index (χ4v) is 1.32. The van der Waals surface area contributed by atoms with Crippen LogP contribution in [0.25, 0.3) is 0 Å². The van der Waals surface area contributed by atoms with Crippen molar-refractivity contribution in [2.45, 2.75) is 32.7 Å². The van der Waals surface area contributed by atoms with Gasteiger partial charge in [0.1, 0.15) is 11.6 Å². The third kappa shape index (κ3) is 2.51. The molecule has 0 fully saturated rings. The van der Waals surface area contributed by atoms with Crippen LogP contribution in [0.3, 0.4) is 0 Å². The van der Waals surface area contributed by atoms with E-state index in [9.17, 15) is 8.78 Å². The molecule has 0 bridgehead atoms. The van der Waals surface area contributed by atoms with Crippen LogP contribution in [0.15, 0.2) is 12.1 Å². The molecule has 0 heterocycles. The Morgan fingerprint density at radius 2 is 2.00 bits per heavy atom. The molecular formula is C11H15F2N. The molecule has 0 saturated carbocycles. The van der Waals surface area contributed by atoms with Crippen molar-refractivity contribution < 1.29 is 8.78 Å². The molecule has 0 spiro atoms. The molecule has 1 atom stereocenters. The van der Waals surface area contributed by atoms with Crippen molar-refractivity contribution >= 4 is 0 Å². The molecule has 14 heavy (non-hydrogen) atoms. The number of benzene rings is 1.